The van der Waals surface area contributed by atoms with Crippen molar-refractivity contribution in [2.24, 2.45) is 5.92 Å². The van der Waals surface area contributed by atoms with Gasteiger partial charge in [-0.15, -0.1) is 0 Å². The lowest BCUT2D eigenvalue weighted by Gasteiger charge is -2.34. The number of benzene rings is 1. The van der Waals surface area contributed by atoms with Crippen LogP contribution in [0.3, 0.4) is 0 Å². The van der Waals surface area contributed by atoms with Crippen molar-refractivity contribution in [1.29, 1.82) is 0 Å². The number of anilines is 1. The van der Waals surface area contributed by atoms with Crippen LogP contribution in [-0.4, -0.2) is 38.7 Å². The summed E-state index contributed by atoms with van der Waals surface area (Å²) in [5.41, 5.74) is 0.811. The van der Waals surface area contributed by atoms with Crippen LogP contribution >= 0.6 is 0 Å². The Morgan fingerprint density at radius 3 is 3.00 bits per heavy atom. The summed E-state index contributed by atoms with van der Waals surface area (Å²) in [5, 5.41) is 14.4. The molecular formula is C14H21N3O3. The Morgan fingerprint density at radius 2 is 2.35 bits per heavy atom. The smallest absolute Gasteiger partial charge is 0.292 e. The van der Waals surface area contributed by atoms with E-state index in [0.29, 0.717) is 17.4 Å². The highest BCUT2D eigenvalue weighted by Crippen LogP contribution is 2.34. The molecule has 1 aliphatic heterocycles. The third kappa shape index (κ3) is 3.19. The highest BCUT2D eigenvalue weighted by Gasteiger charge is 2.25. The number of rotatable bonds is 5. The van der Waals surface area contributed by atoms with Crippen molar-refractivity contribution in [1.82, 2.24) is 5.32 Å². The summed E-state index contributed by atoms with van der Waals surface area (Å²) in [6.45, 7) is 2.64. The fourth-order valence-corrected chi connectivity index (χ4v) is 2.78. The van der Waals surface area contributed by atoms with Gasteiger partial charge in [0.25, 0.3) is 5.69 Å². The van der Waals surface area contributed by atoms with Crippen molar-refractivity contribution < 1.29 is 9.66 Å². The van der Waals surface area contributed by atoms with Crippen LogP contribution in [0.15, 0.2) is 18.2 Å². The first-order valence-electron chi connectivity index (χ1n) is 6.87. The second-order valence-electron chi connectivity index (χ2n) is 5.12. The van der Waals surface area contributed by atoms with Gasteiger partial charge in [0.2, 0.25) is 0 Å². The zero-order valence-electron chi connectivity index (χ0n) is 12.0. The molecule has 0 bridgehead atoms. The molecule has 6 nitrogen and oxygen atoms in total. The summed E-state index contributed by atoms with van der Waals surface area (Å²) in [5.74, 6) is 1.18. The van der Waals surface area contributed by atoms with Crippen molar-refractivity contribution >= 4 is 11.4 Å². The van der Waals surface area contributed by atoms with E-state index in [0.717, 1.165) is 32.5 Å². The minimum atomic E-state index is -0.323. The Bertz CT molecular complexity index is 477. The van der Waals surface area contributed by atoms with Crippen LogP contribution in [0.25, 0.3) is 0 Å². The molecule has 0 aromatic heterocycles. The van der Waals surface area contributed by atoms with Crippen molar-refractivity contribution in [3.8, 4) is 5.75 Å². The molecular weight excluding hydrogens is 258 g/mol. The van der Waals surface area contributed by atoms with Crippen LogP contribution in [-0.2, 0) is 0 Å². The molecule has 1 N–H and O–H groups in total. The van der Waals surface area contributed by atoms with Crippen LogP contribution in [0.4, 0.5) is 11.4 Å². The summed E-state index contributed by atoms with van der Waals surface area (Å²) in [6.07, 6.45) is 2.22. The molecule has 0 amide bonds. The molecule has 1 aromatic carbocycles. The lowest BCUT2D eigenvalue weighted by Crippen LogP contribution is -2.39. The van der Waals surface area contributed by atoms with Crippen molar-refractivity contribution in [2.45, 2.75) is 12.8 Å². The van der Waals surface area contributed by atoms with Crippen LogP contribution < -0.4 is 15.0 Å². The molecule has 0 radical (unpaired) electrons. The van der Waals surface area contributed by atoms with Crippen LogP contribution in [0, 0.1) is 16.0 Å². The van der Waals surface area contributed by atoms with Crippen LogP contribution in [0.5, 0.6) is 5.75 Å². The number of piperidine rings is 1. The minimum Gasteiger partial charge on any atom is -0.497 e. The number of methoxy groups -OCH3 is 1. The Labute approximate surface area is 118 Å². The number of nitro benzene ring substituents is 1. The molecule has 1 fully saturated rings. The fourth-order valence-electron chi connectivity index (χ4n) is 2.78. The number of nitrogens with one attached hydrogen (secondary N) is 1. The lowest BCUT2D eigenvalue weighted by molar-refractivity contribution is -0.384. The first-order chi connectivity index (χ1) is 9.65. The van der Waals surface area contributed by atoms with Gasteiger partial charge >= 0.3 is 0 Å². The van der Waals surface area contributed by atoms with Gasteiger partial charge in [0, 0.05) is 25.2 Å². The highest BCUT2D eigenvalue weighted by molar-refractivity contribution is 5.66. The number of nitrogens with zero attached hydrogens (tertiary/aromatic N) is 2. The molecule has 1 heterocycles. The third-order valence-electron chi connectivity index (χ3n) is 3.73. The number of hydrogen-bond donors (Lipinski definition) is 1. The summed E-state index contributed by atoms with van der Waals surface area (Å²) in [4.78, 5) is 13.0. The molecule has 1 atom stereocenters. The van der Waals surface area contributed by atoms with E-state index in [1.54, 1.807) is 19.2 Å². The maximum absolute atomic E-state index is 11.2. The Balaban J connectivity index is 2.27. The van der Waals surface area contributed by atoms with Crippen LogP contribution in [0.1, 0.15) is 12.8 Å². The molecule has 1 saturated heterocycles. The molecule has 6 heteroatoms. The van der Waals surface area contributed by atoms with E-state index in [9.17, 15) is 10.1 Å². The first-order valence-corrected chi connectivity index (χ1v) is 6.87. The average Bonchev–Trinajstić information content (AvgIpc) is 2.47. The molecule has 1 aliphatic rings. The third-order valence-corrected chi connectivity index (χ3v) is 3.73. The van der Waals surface area contributed by atoms with Gasteiger partial charge in [-0.1, -0.05) is 0 Å². The number of nitro groups is 1. The van der Waals surface area contributed by atoms with E-state index in [4.69, 9.17) is 4.74 Å². The van der Waals surface area contributed by atoms with Crippen molar-refractivity contribution in [2.75, 3.05) is 38.7 Å². The van der Waals surface area contributed by atoms with E-state index < -0.39 is 0 Å². The van der Waals surface area contributed by atoms with E-state index in [2.05, 4.69) is 10.2 Å². The summed E-state index contributed by atoms with van der Waals surface area (Å²) in [6, 6.07) is 4.92. The summed E-state index contributed by atoms with van der Waals surface area (Å²) >= 11 is 0. The Kier molecular flexibility index (Phi) is 4.79. The maximum atomic E-state index is 11.2. The zero-order chi connectivity index (χ0) is 14.5. The molecule has 1 unspecified atom stereocenters. The van der Waals surface area contributed by atoms with Gasteiger partial charge in [-0.3, -0.25) is 10.1 Å². The largest absolute Gasteiger partial charge is 0.497 e. The Hall–Kier alpha value is -1.82. The molecule has 0 aliphatic carbocycles. The van der Waals surface area contributed by atoms with Gasteiger partial charge in [0.1, 0.15) is 11.4 Å². The SMILES string of the molecule is CNCC1CCCN(c2cc(OC)ccc2[N+](=O)[O-])C1. The van der Waals surface area contributed by atoms with E-state index in [-0.39, 0.29) is 10.6 Å². The zero-order valence-corrected chi connectivity index (χ0v) is 12.0. The van der Waals surface area contributed by atoms with Crippen LogP contribution in [0.2, 0.25) is 0 Å². The van der Waals surface area contributed by atoms with Gasteiger partial charge in [-0.2, -0.15) is 0 Å². The second kappa shape index (κ2) is 6.56. The minimum absolute atomic E-state index is 0.149. The summed E-state index contributed by atoms with van der Waals surface area (Å²) < 4.78 is 5.19. The fraction of sp³-hybridized carbons (Fsp3) is 0.571. The lowest BCUT2D eigenvalue weighted by atomic mass is 9.97. The van der Waals surface area contributed by atoms with Crippen molar-refractivity contribution in [3.63, 3.8) is 0 Å². The standard InChI is InChI=1S/C14H21N3O3/c1-15-9-11-4-3-7-16(10-11)14-8-12(20-2)5-6-13(14)17(18)19/h5-6,8,11,15H,3-4,7,9-10H2,1-2H3. The monoisotopic (exact) mass is 279 g/mol. The quantitative estimate of drug-likeness (QED) is 0.660. The normalized spacial score (nSPS) is 18.9. The topological polar surface area (TPSA) is 67.6 Å². The number of ether oxygens (including phenoxy) is 1. The van der Waals surface area contributed by atoms with Gasteiger partial charge in [0.05, 0.1) is 12.0 Å². The van der Waals surface area contributed by atoms with E-state index in [1.165, 1.54) is 6.07 Å². The van der Waals surface area contributed by atoms with Gasteiger partial charge < -0.3 is 15.0 Å². The molecule has 2 rings (SSSR count). The Morgan fingerprint density at radius 1 is 1.55 bits per heavy atom. The van der Waals surface area contributed by atoms with Gasteiger partial charge in [-0.25, -0.2) is 0 Å². The molecule has 1 aromatic rings. The van der Waals surface area contributed by atoms with Gasteiger partial charge in [0.15, 0.2) is 0 Å². The van der Waals surface area contributed by atoms with Crippen molar-refractivity contribution in [3.05, 3.63) is 28.3 Å². The number of hydrogen-bond acceptors (Lipinski definition) is 5. The molecule has 110 valence electrons. The van der Waals surface area contributed by atoms with E-state index in [1.807, 2.05) is 7.05 Å². The molecule has 20 heavy (non-hydrogen) atoms. The highest BCUT2D eigenvalue weighted by atomic mass is 16.6. The predicted molar refractivity (Wildman–Crippen MR) is 78.5 cm³/mol. The molecule has 0 spiro atoms. The first kappa shape index (κ1) is 14.6. The van der Waals surface area contributed by atoms with E-state index >= 15 is 0 Å². The second-order valence-corrected chi connectivity index (χ2v) is 5.12. The maximum Gasteiger partial charge on any atom is 0.292 e. The predicted octanol–water partition coefficient (Wildman–Crippen LogP) is 2.04. The molecule has 0 saturated carbocycles. The average molecular weight is 279 g/mol. The summed E-state index contributed by atoms with van der Waals surface area (Å²) in [7, 11) is 3.51. The van der Waals surface area contributed by atoms with Gasteiger partial charge in [-0.05, 0) is 38.4 Å².